The van der Waals surface area contributed by atoms with Crippen LogP contribution in [0.5, 0.6) is 0 Å². The highest BCUT2D eigenvalue weighted by Crippen LogP contribution is 2.31. The third kappa shape index (κ3) is 5.20. The fourth-order valence-electron chi connectivity index (χ4n) is 3.76. The van der Waals surface area contributed by atoms with Crippen LogP contribution >= 0.6 is 0 Å². The molecule has 2 unspecified atom stereocenters. The predicted molar refractivity (Wildman–Crippen MR) is 110 cm³/mol. The van der Waals surface area contributed by atoms with Crippen LogP contribution in [0.1, 0.15) is 24.8 Å². The number of hydrogen-bond acceptors (Lipinski definition) is 4. The Hall–Kier alpha value is -2.12. The second-order valence-electron chi connectivity index (χ2n) is 7.56. The summed E-state index contributed by atoms with van der Waals surface area (Å²) < 4.78 is 0. The number of nitrogens with one attached hydrogen (secondary N) is 3. The van der Waals surface area contributed by atoms with E-state index in [9.17, 15) is 4.79 Å². The number of likely N-dealkylation sites (N-methyl/N-ethyl adjacent to an activating group) is 1. The van der Waals surface area contributed by atoms with Crippen molar-refractivity contribution >= 4 is 17.6 Å². The molecule has 0 radical (unpaired) electrons. The second kappa shape index (κ2) is 9.19. The van der Waals surface area contributed by atoms with Gasteiger partial charge in [0.05, 0.1) is 0 Å². The molecule has 7 nitrogen and oxygen atoms in total. The van der Waals surface area contributed by atoms with Crippen molar-refractivity contribution in [3.8, 4) is 0 Å². The topological polar surface area (TPSA) is 72.0 Å². The number of piperazine rings is 1. The van der Waals surface area contributed by atoms with Gasteiger partial charge in [0.25, 0.3) is 0 Å². The van der Waals surface area contributed by atoms with Crippen molar-refractivity contribution in [3.05, 3.63) is 29.8 Å². The van der Waals surface area contributed by atoms with E-state index in [4.69, 9.17) is 0 Å². The molecule has 7 heteroatoms. The van der Waals surface area contributed by atoms with Gasteiger partial charge in [0.15, 0.2) is 5.96 Å². The molecule has 2 heterocycles. The number of aliphatic imine (C=N–C) groups is 1. The number of carbonyl (C=O) groups excluding carboxylic acids is 1. The fourth-order valence-corrected chi connectivity index (χ4v) is 3.76. The lowest BCUT2D eigenvalue weighted by atomic mass is 9.90. The van der Waals surface area contributed by atoms with Crippen LogP contribution in [0, 0.1) is 0 Å². The molecule has 2 aliphatic rings. The molecule has 0 saturated carbocycles. The number of benzene rings is 1. The molecule has 1 aromatic carbocycles. The Morgan fingerprint density at radius 1 is 1.26 bits per heavy atom. The van der Waals surface area contributed by atoms with Crippen LogP contribution in [-0.4, -0.2) is 81.1 Å². The molecule has 2 aliphatic heterocycles. The van der Waals surface area contributed by atoms with Gasteiger partial charge in [0.2, 0.25) is 5.91 Å². The molecule has 27 heavy (non-hydrogen) atoms. The van der Waals surface area contributed by atoms with E-state index in [2.05, 4.69) is 50.8 Å². The first kappa shape index (κ1) is 19.6. The highest BCUT2D eigenvalue weighted by molar-refractivity contribution is 5.94. The average Bonchev–Trinajstić information content (AvgIpc) is 2.68. The fraction of sp³-hybridized carbons (Fsp3) is 0.600. The van der Waals surface area contributed by atoms with E-state index in [0.717, 1.165) is 44.4 Å². The van der Waals surface area contributed by atoms with Gasteiger partial charge in [-0.2, -0.15) is 0 Å². The van der Waals surface area contributed by atoms with E-state index in [-0.39, 0.29) is 11.8 Å². The first-order chi connectivity index (χ1) is 13.1. The number of amides is 1. The van der Waals surface area contributed by atoms with Crippen molar-refractivity contribution in [2.45, 2.75) is 25.3 Å². The molecule has 1 aromatic rings. The maximum Gasteiger partial charge on any atom is 0.225 e. The summed E-state index contributed by atoms with van der Waals surface area (Å²) >= 11 is 0. The first-order valence-corrected chi connectivity index (χ1v) is 9.82. The van der Waals surface area contributed by atoms with Crippen LogP contribution in [0.3, 0.4) is 0 Å². The Labute approximate surface area is 162 Å². The van der Waals surface area contributed by atoms with Gasteiger partial charge in [0.1, 0.15) is 0 Å². The van der Waals surface area contributed by atoms with Crippen molar-refractivity contribution in [2.75, 3.05) is 58.7 Å². The number of carbonyl (C=O) groups is 1. The summed E-state index contributed by atoms with van der Waals surface area (Å²) in [5.41, 5.74) is 2.11. The van der Waals surface area contributed by atoms with Gasteiger partial charge in [-0.3, -0.25) is 14.7 Å². The lowest BCUT2D eigenvalue weighted by Gasteiger charge is -2.36. The van der Waals surface area contributed by atoms with Crippen molar-refractivity contribution < 1.29 is 4.79 Å². The van der Waals surface area contributed by atoms with E-state index in [0.29, 0.717) is 19.0 Å². The summed E-state index contributed by atoms with van der Waals surface area (Å²) in [6, 6.07) is 8.48. The van der Waals surface area contributed by atoms with Crippen LogP contribution in [0.15, 0.2) is 29.3 Å². The maximum atomic E-state index is 12.0. The zero-order valence-corrected chi connectivity index (χ0v) is 16.7. The number of rotatable bonds is 5. The van der Waals surface area contributed by atoms with Crippen LogP contribution in [0.2, 0.25) is 0 Å². The van der Waals surface area contributed by atoms with Gasteiger partial charge in [0, 0.05) is 70.4 Å². The molecule has 3 rings (SSSR count). The van der Waals surface area contributed by atoms with Crippen LogP contribution in [-0.2, 0) is 4.79 Å². The lowest BCUT2D eigenvalue weighted by molar-refractivity contribution is -0.116. The summed E-state index contributed by atoms with van der Waals surface area (Å²) in [5, 5.41) is 9.78. The minimum absolute atomic E-state index is 0.0761. The summed E-state index contributed by atoms with van der Waals surface area (Å²) in [7, 11) is 3.97. The smallest absolute Gasteiger partial charge is 0.225 e. The molecule has 2 atom stereocenters. The normalized spacial score (nSPS) is 22.7. The molecule has 0 bridgehead atoms. The minimum atomic E-state index is 0.0761. The third-order valence-corrected chi connectivity index (χ3v) is 5.57. The summed E-state index contributed by atoms with van der Waals surface area (Å²) in [6.45, 7) is 8.27. The van der Waals surface area contributed by atoms with Gasteiger partial charge < -0.3 is 20.9 Å². The summed E-state index contributed by atoms with van der Waals surface area (Å²) in [4.78, 5) is 21.2. The van der Waals surface area contributed by atoms with E-state index in [1.54, 1.807) is 7.05 Å². The molecular weight excluding hydrogens is 340 g/mol. The standard InChI is InChI=1S/C20H32N6O/c1-15(26-10-8-25(3)9-11-26)13-22-20(21-2)23-14-16-12-19(27)24-18-7-5-4-6-17(16)18/h4-7,15-16H,8-14H2,1-3H3,(H,24,27)(H2,21,22,23). The molecular formula is C20H32N6O. The Morgan fingerprint density at radius 2 is 2.00 bits per heavy atom. The minimum Gasteiger partial charge on any atom is -0.356 e. The highest BCUT2D eigenvalue weighted by Gasteiger charge is 2.25. The Morgan fingerprint density at radius 3 is 2.74 bits per heavy atom. The van der Waals surface area contributed by atoms with E-state index in [1.165, 1.54) is 5.56 Å². The predicted octanol–water partition coefficient (Wildman–Crippen LogP) is 0.913. The second-order valence-corrected chi connectivity index (χ2v) is 7.56. The number of nitrogens with zero attached hydrogens (tertiary/aromatic N) is 3. The lowest BCUT2D eigenvalue weighted by Crippen LogP contribution is -2.52. The SMILES string of the molecule is CN=C(NCC1CC(=O)Nc2ccccc21)NCC(C)N1CCN(C)CC1. The molecule has 0 spiro atoms. The number of para-hydroxylation sites is 1. The molecule has 0 aliphatic carbocycles. The zero-order chi connectivity index (χ0) is 19.2. The highest BCUT2D eigenvalue weighted by atomic mass is 16.1. The molecule has 0 aromatic heterocycles. The molecule has 1 saturated heterocycles. The van der Waals surface area contributed by atoms with E-state index in [1.807, 2.05) is 18.2 Å². The van der Waals surface area contributed by atoms with Crippen LogP contribution in [0.25, 0.3) is 0 Å². The van der Waals surface area contributed by atoms with Gasteiger partial charge in [-0.25, -0.2) is 0 Å². The van der Waals surface area contributed by atoms with Crippen LogP contribution < -0.4 is 16.0 Å². The molecule has 148 valence electrons. The zero-order valence-electron chi connectivity index (χ0n) is 16.7. The monoisotopic (exact) mass is 372 g/mol. The maximum absolute atomic E-state index is 12.0. The van der Waals surface area contributed by atoms with Gasteiger partial charge in [-0.1, -0.05) is 18.2 Å². The molecule has 1 amide bonds. The average molecular weight is 373 g/mol. The Bertz CT molecular complexity index is 668. The van der Waals surface area contributed by atoms with Crippen LogP contribution in [0.4, 0.5) is 5.69 Å². The number of fused-ring (bicyclic) bond motifs is 1. The van der Waals surface area contributed by atoms with Crippen molar-refractivity contribution in [3.63, 3.8) is 0 Å². The van der Waals surface area contributed by atoms with Crippen molar-refractivity contribution in [2.24, 2.45) is 4.99 Å². The number of hydrogen-bond donors (Lipinski definition) is 3. The number of guanidine groups is 1. The van der Waals surface area contributed by atoms with E-state index >= 15 is 0 Å². The van der Waals surface area contributed by atoms with E-state index < -0.39 is 0 Å². The summed E-state index contributed by atoms with van der Waals surface area (Å²) in [6.07, 6.45) is 0.499. The largest absolute Gasteiger partial charge is 0.356 e. The first-order valence-electron chi connectivity index (χ1n) is 9.82. The van der Waals surface area contributed by atoms with Gasteiger partial charge in [-0.15, -0.1) is 0 Å². The molecule has 3 N–H and O–H groups in total. The van der Waals surface area contributed by atoms with Gasteiger partial charge in [-0.05, 0) is 25.6 Å². The van der Waals surface area contributed by atoms with Crippen molar-refractivity contribution in [1.82, 2.24) is 20.4 Å². The van der Waals surface area contributed by atoms with Crippen molar-refractivity contribution in [1.29, 1.82) is 0 Å². The Balaban J connectivity index is 1.49. The Kier molecular flexibility index (Phi) is 6.68. The quantitative estimate of drug-likeness (QED) is 0.529. The number of anilines is 1. The van der Waals surface area contributed by atoms with Gasteiger partial charge >= 0.3 is 0 Å². The third-order valence-electron chi connectivity index (χ3n) is 5.57. The molecule has 1 fully saturated rings. The summed E-state index contributed by atoms with van der Waals surface area (Å²) in [5.74, 6) is 1.02.